The summed E-state index contributed by atoms with van der Waals surface area (Å²) in [7, 11) is 0. The molecule has 0 aromatic heterocycles. The molecule has 2 aromatic carbocycles. The molecule has 5 nitrogen and oxygen atoms in total. The number of rotatable bonds is 4. The van der Waals surface area contributed by atoms with Crippen LogP contribution in [0.3, 0.4) is 0 Å². The van der Waals surface area contributed by atoms with E-state index in [0.717, 1.165) is 5.56 Å². The average molecular weight is 283 g/mol. The Morgan fingerprint density at radius 2 is 1.90 bits per heavy atom. The topological polar surface area (TPSA) is 69.4 Å². The monoisotopic (exact) mass is 283 g/mol. The lowest BCUT2D eigenvalue weighted by Gasteiger charge is -2.10. The molecule has 0 amide bonds. The van der Waals surface area contributed by atoms with E-state index in [4.69, 9.17) is 4.74 Å². The van der Waals surface area contributed by atoms with E-state index in [9.17, 15) is 14.9 Å². The highest BCUT2D eigenvalue weighted by Crippen LogP contribution is 2.31. The van der Waals surface area contributed by atoms with Gasteiger partial charge in [-0.1, -0.05) is 24.3 Å². The Bertz CT molecular complexity index is 724. The van der Waals surface area contributed by atoms with Crippen molar-refractivity contribution in [2.45, 2.75) is 19.4 Å². The maximum atomic E-state index is 11.7. The fraction of sp³-hybridized carbons (Fsp3) is 0.188. The van der Waals surface area contributed by atoms with Crippen molar-refractivity contribution in [1.82, 2.24) is 0 Å². The van der Waals surface area contributed by atoms with Crippen molar-refractivity contribution in [3.8, 4) is 5.75 Å². The van der Waals surface area contributed by atoms with Crippen LogP contribution in [-0.4, -0.2) is 10.7 Å². The zero-order valence-electron chi connectivity index (χ0n) is 11.2. The van der Waals surface area contributed by atoms with Crippen LogP contribution in [0.5, 0.6) is 5.75 Å². The molecule has 0 bridgehead atoms. The summed E-state index contributed by atoms with van der Waals surface area (Å²) in [4.78, 5) is 22.2. The lowest BCUT2D eigenvalue weighted by Crippen LogP contribution is -2.02. The summed E-state index contributed by atoms with van der Waals surface area (Å²) in [5.74, 6) is 0.762. The summed E-state index contributed by atoms with van der Waals surface area (Å²) in [6.07, 6.45) is 1.17. The summed E-state index contributed by atoms with van der Waals surface area (Å²) in [6, 6.07) is 11.9. The Morgan fingerprint density at radius 1 is 1.10 bits per heavy atom. The SMILES string of the molecule is O=C1CCc2c(OCc3ccccc3[N+](=O)[O-])cccc21. The Labute approximate surface area is 121 Å². The van der Waals surface area contributed by atoms with E-state index < -0.39 is 4.92 Å². The van der Waals surface area contributed by atoms with Gasteiger partial charge in [0.2, 0.25) is 0 Å². The van der Waals surface area contributed by atoms with Gasteiger partial charge in [0, 0.05) is 23.6 Å². The van der Waals surface area contributed by atoms with Gasteiger partial charge in [0.05, 0.1) is 10.5 Å². The molecule has 0 radical (unpaired) electrons. The molecule has 21 heavy (non-hydrogen) atoms. The third-order valence-corrected chi connectivity index (χ3v) is 3.61. The Balaban J connectivity index is 1.84. The second-order valence-electron chi connectivity index (χ2n) is 4.88. The number of hydrogen-bond acceptors (Lipinski definition) is 4. The van der Waals surface area contributed by atoms with E-state index in [1.807, 2.05) is 0 Å². The first kappa shape index (κ1) is 13.3. The van der Waals surface area contributed by atoms with Crippen molar-refractivity contribution in [2.24, 2.45) is 0 Å². The van der Waals surface area contributed by atoms with Crippen LogP contribution in [0.15, 0.2) is 42.5 Å². The summed E-state index contributed by atoms with van der Waals surface area (Å²) in [6.45, 7) is 0.113. The predicted octanol–water partition coefficient (Wildman–Crippen LogP) is 3.30. The standard InChI is InChI=1S/C16H13NO4/c18-15-9-8-13-12(15)5-3-7-16(13)21-10-11-4-1-2-6-14(11)17(19)20/h1-7H,8-10H2. The smallest absolute Gasteiger partial charge is 0.276 e. The van der Waals surface area contributed by atoms with Gasteiger partial charge >= 0.3 is 0 Å². The number of carbonyl (C=O) groups is 1. The summed E-state index contributed by atoms with van der Waals surface area (Å²) in [5, 5.41) is 11.0. The number of nitro groups is 1. The van der Waals surface area contributed by atoms with E-state index in [1.54, 1.807) is 36.4 Å². The second kappa shape index (κ2) is 5.36. The number of hydrogen-bond donors (Lipinski definition) is 0. The maximum absolute atomic E-state index is 11.7. The van der Waals surface area contributed by atoms with Crippen LogP contribution in [0.1, 0.15) is 27.9 Å². The molecule has 0 fully saturated rings. The minimum atomic E-state index is -0.419. The highest BCUT2D eigenvalue weighted by molar-refractivity contribution is 6.01. The van der Waals surface area contributed by atoms with Gasteiger partial charge < -0.3 is 4.74 Å². The zero-order valence-corrected chi connectivity index (χ0v) is 11.2. The second-order valence-corrected chi connectivity index (χ2v) is 4.88. The van der Waals surface area contributed by atoms with Gasteiger partial charge in [0.15, 0.2) is 5.78 Å². The van der Waals surface area contributed by atoms with Crippen LogP contribution >= 0.6 is 0 Å². The summed E-state index contributed by atoms with van der Waals surface area (Å²) >= 11 is 0. The minimum Gasteiger partial charge on any atom is -0.488 e. The molecule has 0 unspecified atom stereocenters. The zero-order chi connectivity index (χ0) is 14.8. The van der Waals surface area contributed by atoms with E-state index >= 15 is 0 Å². The Morgan fingerprint density at radius 3 is 2.71 bits per heavy atom. The number of fused-ring (bicyclic) bond motifs is 1. The first-order chi connectivity index (χ1) is 10.2. The summed E-state index contributed by atoms with van der Waals surface area (Å²) < 4.78 is 5.72. The van der Waals surface area contributed by atoms with Gasteiger partial charge in [-0.15, -0.1) is 0 Å². The molecule has 2 aromatic rings. The average Bonchev–Trinajstić information content (AvgIpc) is 2.87. The first-order valence-corrected chi connectivity index (χ1v) is 6.67. The summed E-state index contributed by atoms with van der Waals surface area (Å²) in [5.41, 5.74) is 2.17. The number of ketones is 1. The van der Waals surface area contributed by atoms with Gasteiger partial charge in [-0.2, -0.15) is 0 Å². The lowest BCUT2D eigenvalue weighted by atomic mass is 10.1. The Hall–Kier alpha value is -2.69. The number of Topliss-reactive ketones (excluding diaryl/α,β-unsaturated/α-hetero) is 1. The van der Waals surface area contributed by atoms with Crippen LogP contribution in [0.4, 0.5) is 5.69 Å². The molecule has 3 rings (SSSR count). The number of nitrogens with zero attached hydrogens (tertiary/aromatic N) is 1. The van der Waals surface area contributed by atoms with Crippen molar-refractivity contribution in [1.29, 1.82) is 0 Å². The molecule has 0 spiro atoms. The molecule has 5 heteroatoms. The fourth-order valence-electron chi connectivity index (χ4n) is 2.56. The van der Waals surface area contributed by atoms with Gasteiger partial charge in [0.1, 0.15) is 12.4 Å². The molecule has 0 heterocycles. The number of nitro benzene ring substituents is 1. The van der Waals surface area contributed by atoms with Crippen molar-refractivity contribution in [2.75, 3.05) is 0 Å². The lowest BCUT2D eigenvalue weighted by molar-refractivity contribution is -0.385. The Kier molecular flexibility index (Phi) is 3.39. The van der Waals surface area contributed by atoms with E-state index in [1.165, 1.54) is 6.07 Å². The molecular formula is C16H13NO4. The molecular weight excluding hydrogens is 270 g/mol. The number of carbonyl (C=O) groups excluding carboxylic acids is 1. The van der Waals surface area contributed by atoms with E-state index in [2.05, 4.69) is 0 Å². The number of para-hydroxylation sites is 1. The largest absolute Gasteiger partial charge is 0.488 e. The van der Waals surface area contributed by atoms with Crippen LogP contribution in [-0.2, 0) is 13.0 Å². The molecule has 106 valence electrons. The van der Waals surface area contributed by atoms with Gasteiger partial charge in [-0.3, -0.25) is 14.9 Å². The van der Waals surface area contributed by atoms with Crippen molar-refractivity contribution >= 4 is 11.5 Å². The van der Waals surface area contributed by atoms with Gasteiger partial charge in [0.25, 0.3) is 5.69 Å². The molecule has 1 aliphatic carbocycles. The van der Waals surface area contributed by atoms with Crippen LogP contribution in [0.2, 0.25) is 0 Å². The normalized spacial score (nSPS) is 13.0. The van der Waals surface area contributed by atoms with Crippen molar-refractivity contribution in [3.05, 3.63) is 69.3 Å². The molecule has 0 atom stereocenters. The van der Waals surface area contributed by atoms with Crippen LogP contribution in [0.25, 0.3) is 0 Å². The predicted molar refractivity (Wildman–Crippen MR) is 76.5 cm³/mol. The molecule has 0 aliphatic heterocycles. The third kappa shape index (κ3) is 2.50. The number of benzene rings is 2. The van der Waals surface area contributed by atoms with Crippen LogP contribution < -0.4 is 4.74 Å². The minimum absolute atomic E-state index is 0.0427. The number of ether oxygens (including phenoxy) is 1. The quantitative estimate of drug-likeness (QED) is 0.637. The fourth-order valence-corrected chi connectivity index (χ4v) is 2.56. The molecule has 0 saturated carbocycles. The highest BCUT2D eigenvalue weighted by atomic mass is 16.6. The van der Waals surface area contributed by atoms with E-state index in [-0.39, 0.29) is 18.1 Å². The van der Waals surface area contributed by atoms with Crippen molar-refractivity contribution < 1.29 is 14.5 Å². The molecule has 0 N–H and O–H groups in total. The van der Waals surface area contributed by atoms with Gasteiger partial charge in [-0.05, 0) is 18.6 Å². The first-order valence-electron chi connectivity index (χ1n) is 6.67. The van der Waals surface area contributed by atoms with E-state index in [0.29, 0.717) is 29.7 Å². The van der Waals surface area contributed by atoms with Gasteiger partial charge in [-0.25, -0.2) is 0 Å². The van der Waals surface area contributed by atoms with Crippen molar-refractivity contribution in [3.63, 3.8) is 0 Å². The highest BCUT2D eigenvalue weighted by Gasteiger charge is 2.23. The molecule has 1 aliphatic rings. The third-order valence-electron chi connectivity index (χ3n) is 3.61. The van der Waals surface area contributed by atoms with Crippen LogP contribution in [0, 0.1) is 10.1 Å². The molecule has 0 saturated heterocycles. The maximum Gasteiger partial charge on any atom is 0.276 e.